The van der Waals surface area contributed by atoms with Gasteiger partial charge in [0, 0.05) is 6.42 Å². The Balaban J connectivity index is 5.17. The summed E-state index contributed by atoms with van der Waals surface area (Å²) in [5.41, 5.74) is 15.3. The number of nitrogens with two attached hydrogens (primary N) is 3. The van der Waals surface area contributed by atoms with E-state index < -0.39 is 78.8 Å². The topological polar surface area (TPSA) is 277 Å². The maximum absolute atomic E-state index is 12.4. The molecule has 0 saturated carbocycles. The Morgan fingerprint density at radius 1 is 0.871 bits per heavy atom. The molecule has 0 fully saturated rings. The number of aliphatic hydroxyl groups is 2. The van der Waals surface area contributed by atoms with E-state index in [1.807, 2.05) is 10.6 Å². The van der Waals surface area contributed by atoms with Crippen LogP contribution < -0.4 is 33.2 Å². The molecular weight excluding hydrogens is 420 g/mol. The van der Waals surface area contributed by atoms with Crippen molar-refractivity contribution in [3.63, 3.8) is 0 Å². The zero-order valence-electron chi connectivity index (χ0n) is 16.7. The van der Waals surface area contributed by atoms with Crippen LogP contribution in [0.4, 0.5) is 0 Å². The Kier molecular flexibility index (Phi) is 11.7. The van der Waals surface area contributed by atoms with E-state index in [0.29, 0.717) is 0 Å². The second-order valence-electron chi connectivity index (χ2n) is 6.65. The normalized spacial score (nSPS) is 15.5. The lowest BCUT2D eigenvalue weighted by molar-refractivity contribution is -0.143. The minimum Gasteiger partial charge on any atom is -0.480 e. The van der Waals surface area contributed by atoms with Crippen LogP contribution in [0.15, 0.2) is 0 Å². The fourth-order valence-electron chi connectivity index (χ4n) is 2.25. The predicted octanol–water partition coefficient (Wildman–Crippen LogP) is -5.63. The smallest absolute Gasteiger partial charge is 0.326 e. The van der Waals surface area contributed by atoms with E-state index >= 15 is 0 Å². The Bertz CT molecular complexity index is 699. The molecular formula is C16H28N6O9. The van der Waals surface area contributed by atoms with Gasteiger partial charge in [-0.15, -0.1) is 0 Å². The fraction of sp³-hybridized carbons (Fsp3) is 0.625. The summed E-state index contributed by atoms with van der Waals surface area (Å²) >= 11 is 0. The summed E-state index contributed by atoms with van der Waals surface area (Å²) in [6, 6.07) is -6.20. The number of aliphatic hydroxyl groups excluding tert-OH is 2. The first-order valence-corrected chi connectivity index (χ1v) is 9.05. The summed E-state index contributed by atoms with van der Waals surface area (Å²) in [5, 5.41) is 34.4. The molecule has 5 unspecified atom stereocenters. The van der Waals surface area contributed by atoms with Gasteiger partial charge in [0.2, 0.25) is 29.5 Å². The lowest BCUT2D eigenvalue weighted by atomic mass is 10.1. The van der Waals surface area contributed by atoms with Gasteiger partial charge in [0.1, 0.15) is 18.1 Å². The van der Waals surface area contributed by atoms with Crippen LogP contribution in [0.3, 0.4) is 0 Å². The van der Waals surface area contributed by atoms with Crippen molar-refractivity contribution in [3.8, 4) is 0 Å². The number of carboxylic acids is 1. The molecule has 12 N–H and O–H groups in total. The monoisotopic (exact) mass is 448 g/mol. The molecule has 0 rings (SSSR count). The number of aliphatic carboxylic acids is 1. The number of rotatable bonds is 14. The van der Waals surface area contributed by atoms with Crippen LogP contribution >= 0.6 is 0 Å². The van der Waals surface area contributed by atoms with Crippen LogP contribution in [0.2, 0.25) is 0 Å². The van der Waals surface area contributed by atoms with E-state index in [1.165, 1.54) is 0 Å². The number of primary amides is 2. The van der Waals surface area contributed by atoms with Gasteiger partial charge in [-0.25, -0.2) is 4.79 Å². The molecule has 176 valence electrons. The van der Waals surface area contributed by atoms with Gasteiger partial charge in [0.25, 0.3) is 0 Å². The molecule has 0 saturated heterocycles. The molecule has 0 aliphatic carbocycles. The first kappa shape index (κ1) is 27.7. The van der Waals surface area contributed by atoms with Crippen LogP contribution in [-0.4, -0.2) is 87.7 Å². The van der Waals surface area contributed by atoms with Crippen molar-refractivity contribution in [2.75, 3.05) is 6.61 Å². The Morgan fingerprint density at radius 3 is 1.84 bits per heavy atom. The van der Waals surface area contributed by atoms with Crippen molar-refractivity contribution in [1.82, 2.24) is 16.0 Å². The lowest BCUT2D eigenvalue weighted by Crippen LogP contribution is -2.60. The van der Waals surface area contributed by atoms with Crippen molar-refractivity contribution >= 4 is 35.5 Å². The second kappa shape index (κ2) is 13.1. The Morgan fingerprint density at radius 2 is 1.42 bits per heavy atom. The Hall–Kier alpha value is -3.30. The SMILES string of the molecule is CC(O)C(NC(=O)C(N)CC(N)=O)C(=O)NC(CO)C(=O)NC(CCC(N)=O)C(=O)O. The highest BCUT2D eigenvalue weighted by atomic mass is 16.4. The van der Waals surface area contributed by atoms with Gasteiger partial charge < -0.3 is 48.5 Å². The molecule has 0 aliphatic rings. The number of amides is 5. The standard InChI is InChI=1S/C16H28N6O9/c1-6(24)12(22-13(27)7(17)4-11(19)26)15(29)21-9(5-23)14(28)20-8(16(30)31)2-3-10(18)25/h6-9,12,23-24H,2-5,17H2,1H3,(H2,18,25)(H2,19,26)(H,20,28)(H,21,29)(H,22,27)(H,30,31). The minimum atomic E-state index is -1.65. The molecule has 0 bridgehead atoms. The fourth-order valence-corrected chi connectivity index (χ4v) is 2.25. The molecule has 31 heavy (non-hydrogen) atoms. The summed E-state index contributed by atoms with van der Waals surface area (Å²) < 4.78 is 0. The van der Waals surface area contributed by atoms with E-state index in [4.69, 9.17) is 22.3 Å². The summed E-state index contributed by atoms with van der Waals surface area (Å²) in [5.74, 6) is -6.33. The average Bonchev–Trinajstić information content (AvgIpc) is 2.65. The summed E-state index contributed by atoms with van der Waals surface area (Å²) in [6.45, 7) is 0.184. The van der Waals surface area contributed by atoms with Crippen LogP contribution in [0.1, 0.15) is 26.2 Å². The molecule has 0 aromatic carbocycles. The van der Waals surface area contributed by atoms with E-state index in [1.54, 1.807) is 0 Å². The number of hydrogen-bond donors (Lipinski definition) is 9. The summed E-state index contributed by atoms with van der Waals surface area (Å²) in [6.07, 6.45) is -2.67. The van der Waals surface area contributed by atoms with Gasteiger partial charge in [0.15, 0.2) is 0 Å². The van der Waals surface area contributed by atoms with Gasteiger partial charge in [0.05, 0.1) is 25.2 Å². The van der Waals surface area contributed by atoms with E-state index in [9.17, 15) is 39.0 Å². The molecule has 0 aliphatic heterocycles. The van der Waals surface area contributed by atoms with Crippen molar-refractivity contribution in [3.05, 3.63) is 0 Å². The van der Waals surface area contributed by atoms with Crippen molar-refractivity contribution < 1.29 is 44.1 Å². The van der Waals surface area contributed by atoms with E-state index in [0.717, 1.165) is 6.92 Å². The molecule has 5 atom stereocenters. The molecule has 0 radical (unpaired) electrons. The third kappa shape index (κ3) is 10.3. The van der Waals surface area contributed by atoms with Crippen molar-refractivity contribution in [2.45, 2.75) is 56.5 Å². The molecule has 0 aromatic rings. The largest absolute Gasteiger partial charge is 0.480 e. The van der Waals surface area contributed by atoms with Crippen LogP contribution in [0.25, 0.3) is 0 Å². The van der Waals surface area contributed by atoms with Crippen LogP contribution in [0, 0.1) is 0 Å². The molecule has 5 amide bonds. The number of carbonyl (C=O) groups excluding carboxylic acids is 5. The van der Waals surface area contributed by atoms with E-state index in [2.05, 4.69) is 5.32 Å². The zero-order chi connectivity index (χ0) is 24.3. The van der Waals surface area contributed by atoms with Crippen molar-refractivity contribution in [2.24, 2.45) is 17.2 Å². The summed E-state index contributed by atoms with van der Waals surface area (Å²) in [4.78, 5) is 69.4. The number of carbonyl (C=O) groups is 6. The lowest BCUT2D eigenvalue weighted by Gasteiger charge is -2.25. The highest BCUT2D eigenvalue weighted by Gasteiger charge is 2.32. The number of nitrogens with one attached hydrogen (secondary N) is 3. The van der Waals surface area contributed by atoms with Gasteiger partial charge in [-0.2, -0.15) is 0 Å². The maximum Gasteiger partial charge on any atom is 0.326 e. The zero-order valence-corrected chi connectivity index (χ0v) is 16.7. The minimum absolute atomic E-state index is 0.327. The van der Waals surface area contributed by atoms with Gasteiger partial charge in [-0.05, 0) is 13.3 Å². The maximum atomic E-state index is 12.4. The highest BCUT2D eigenvalue weighted by Crippen LogP contribution is 2.01. The Labute approximate surface area is 176 Å². The van der Waals surface area contributed by atoms with Gasteiger partial charge in [-0.3, -0.25) is 24.0 Å². The van der Waals surface area contributed by atoms with Gasteiger partial charge in [-0.1, -0.05) is 0 Å². The first-order chi connectivity index (χ1) is 14.3. The molecule has 15 nitrogen and oxygen atoms in total. The third-order valence-electron chi connectivity index (χ3n) is 3.93. The molecule has 0 aromatic heterocycles. The first-order valence-electron chi connectivity index (χ1n) is 9.05. The van der Waals surface area contributed by atoms with Crippen LogP contribution in [-0.2, 0) is 28.8 Å². The molecule has 0 spiro atoms. The second-order valence-corrected chi connectivity index (χ2v) is 6.65. The highest BCUT2D eigenvalue weighted by molar-refractivity contribution is 5.95. The number of carboxylic acid groups (broad SMARTS) is 1. The molecule has 0 heterocycles. The quantitative estimate of drug-likeness (QED) is 0.121. The van der Waals surface area contributed by atoms with E-state index in [-0.39, 0.29) is 12.8 Å². The van der Waals surface area contributed by atoms with Gasteiger partial charge >= 0.3 is 5.97 Å². The van der Waals surface area contributed by atoms with Crippen LogP contribution in [0.5, 0.6) is 0 Å². The number of hydrogen-bond acceptors (Lipinski definition) is 9. The predicted molar refractivity (Wildman–Crippen MR) is 102 cm³/mol. The third-order valence-corrected chi connectivity index (χ3v) is 3.93. The molecule has 15 heteroatoms. The van der Waals surface area contributed by atoms with Crippen molar-refractivity contribution in [1.29, 1.82) is 0 Å². The summed E-state index contributed by atoms with van der Waals surface area (Å²) in [7, 11) is 0. The average molecular weight is 448 g/mol.